The van der Waals surface area contributed by atoms with Gasteiger partial charge in [0.05, 0.1) is 17.2 Å². The molecule has 1 heterocycles. The number of carbonyl (C=O) groups is 1. The van der Waals surface area contributed by atoms with Crippen molar-refractivity contribution in [2.24, 2.45) is 0 Å². The van der Waals surface area contributed by atoms with Crippen LogP contribution in [0.3, 0.4) is 0 Å². The van der Waals surface area contributed by atoms with Crippen molar-refractivity contribution in [2.75, 3.05) is 6.26 Å². The zero-order valence-corrected chi connectivity index (χ0v) is 12.9. The van der Waals surface area contributed by atoms with Crippen LogP contribution in [0.15, 0.2) is 45.9 Å². The average Bonchev–Trinajstić information content (AvgIpc) is 2.91. The molecule has 0 aliphatic carbocycles. The monoisotopic (exact) mass is 307 g/mol. The van der Waals surface area contributed by atoms with Crippen molar-refractivity contribution in [3.8, 4) is 0 Å². The molecule has 0 saturated heterocycles. The lowest BCUT2D eigenvalue weighted by atomic mass is 10.1. The molecule has 112 valence electrons. The number of amides is 1. The van der Waals surface area contributed by atoms with Crippen molar-refractivity contribution in [1.29, 1.82) is 0 Å². The van der Waals surface area contributed by atoms with Crippen LogP contribution in [0.25, 0.3) is 0 Å². The molecule has 0 radical (unpaired) electrons. The third-order valence-electron chi connectivity index (χ3n) is 3.20. The molecule has 0 fully saturated rings. The summed E-state index contributed by atoms with van der Waals surface area (Å²) in [7, 11) is -3.35. The minimum Gasteiger partial charge on any atom is -0.467 e. The summed E-state index contributed by atoms with van der Waals surface area (Å²) in [4.78, 5) is 12.4. The highest BCUT2D eigenvalue weighted by Gasteiger charge is 2.17. The average molecular weight is 307 g/mol. The van der Waals surface area contributed by atoms with E-state index in [1.165, 1.54) is 18.4 Å². The van der Waals surface area contributed by atoms with Gasteiger partial charge < -0.3 is 9.73 Å². The Balaban J connectivity index is 2.27. The lowest BCUT2D eigenvalue weighted by Crippen LogP contribution is -2.27. The Labute approximate surface area is 123 Å². The minimum atomic E-state index is -3.35. The van der Waals surface area contributed by atoms with Crippen LogP contribution in [0.5, 0.6) is 0 Å². The van der Waals surface area contributed by atoms with Gasteiger partial charge in [0.25, 0.3) is 5.91 Å². The Morgan fingerprint density at radius 1 is 1.29 bits per heavy atom. The molecule has 2 rings (SSSR count). The van der Waals surface area contributed by atoms with Crippen LogP contribution < -0.4 is 5.32 Å². The molecule has 5 nitrogen and oxygen atoms in total. The Hall–Kier alpha value is -2.08. The molecule has 1 atom stereocenters. The van der Waals surface area contributed by atoms with E-state index >= 15 is 0 Å². The van der Waals surface area contributed by atoms with Gasteiger partial charge >= 0.3 is 0 Å². The van der Waals surface area contributed by atoms with Gasteiger partial charge in [-0.3, -0.25) is 4.79 Å². The van der Waals surface area contributed by atoms with Crippen molar-refractivity contribution in [1.82, 2.24) is 5.32 Å². The van der Waals surface area contributed by atoms with Crippen molar-refractivity contribution in [3.63, 3.8) is 0 Å². The zero-order valence-electron chi connectivity index (χ0n) is 12.1. The van der Waals surface area contributed by atoms with E-state index in [2.05, 4.69) is 5.32 Å². The van der Waals surface area contributed by atoms with Crippen molar-refractivity contribution >= 4 is 15.7 Å². The van der Waals surface area contributed by atoms with Crippen LogP contribution in [0.4, 0.5) is 0 Å². The normalized spacial score (nSPS) is 12.9. The molecule has 2 aromatic rings. The standard InChI is InChI=1S/C15H17NO4S/c1-10-6-7-12(21(3,18)19)9-13(10)15(17)16-11(2)14-5-4-8-20-14/h4-9,11H,1-3H3,(H,16,17). The van der Waals surface area contributed by atoms with Crippen molar-refractivity contribution in [2.45, 2.75) is 24.8 Å². The molecule has 21 heavy (non-hydrogen) atoms. The molecule has 1 aromatic carbocycles. The van der Waals surface area contributed by atoms with Gasteiger partial charge in [0.2, 0.25) is 0 Å². The summed E-state index contributed by atoms with van der Waals surface area (Å²) in [5, 5.41) is 2.79. The first-order valence-electron chi connectivity index (χ1n) is 6.44. The first-order chi connectivity index (χ1) is 9.79. The highest BCUT2D eigenvalue weighted by atomic mass is 32.2. The molecule has 0 bridgehead atoms. The number of benzene rings is 1. The summed E-state index contributed by atoms with van der Waals surface area (Å²) in [5.41, 5.74) is 1.06. The number of rotatable bonds is 4. The van der Waals surface area contributed by atoms with Crippen LogP contribution in [-0.2, 0) is 9.84 Å². The molecular formula is C15H17NO4S. The maximum atomic E-state index is 12.3. The van der Waals surface area contributed by atoms with E-state index < -0.39 is 9.84 Å². The number of sulfone groups is 1. The van der Waals surface area contributed by atoms with Crippen molar-refractivity contribution in [3.05, 3.63) is 53.5 Å². The second-order valence-electron chi connectivity index (χ2n) is 4.96. The Kier molecular flexibility index (Phi) is 4.18. The highest BCUT2D eigenvalue weighted by molar-refractivity contribution is 7.90. The number of carbonyl (C=O) groups excluding carboxylic acids is 1. The predicted molar refractivity (Wildman–Crippen MR) is 78.9 cm³/mol. The second-order valence-corrected chi connectivity index (χ2v) is 6.98. The maximum Gasteiger partial charge on any atom is 0.252 e. The van der Waals surface area contributed by atoms with Gasteiger partial charge in [0.1, 0.15) is 5.76 Å². The van der Waals surface area contributed by atoms with Gasteiger partial charge in [-0.05, 0) is 43.7 Å². The number of furan rings is 1. The lowest BCUT2D eigenvalue weighted by Gasteiger charge is -2.13. The van der Waals surface area contributed by atoms with E-state index in [4.69, 9.17) is 4.42 Å². The van der Waals surface area contributed by atoms with E-state index in [0.29, 0.717) is 16.9 Å². The molecule has 1 amide bonds. The number of aryl methyl sites for hydroxylation is 1. The molecule has 1 N–H and O–H groups in total. The first kappa shape index (κ1) is 15.3. The van der Waals surface area contributed by atoms with Crippen LogP contribution >= 0.6 is 0 Å². The molecule has 1 aromatic heterocycles. The maximum absolute atomic E-state index is 12.3. The summed E-state index contributed by atoms with van der Waals surface area (Å²) < 4.78 is 28.4. The van der Waals surface area contributed by atoms with Crippen LogP contribution in [0.2, 0.25) is 0 Å². The zero-order chi connectivity index (χ0) is 15.6. The van der Waals surface area contributed by atoms with Crippen molar-refractivity contribution < 1.29 is 17.6 Å². The third-order valence-corrected chi connectivity index (χ3v) is 4.31. The Bertz CT molecular complexity index is 748. The molecule has 6 heteroatoms. The number of nitrogens with one attached hydrogen (secondary N) is 1. The summed E-state index contributed by atoms with van der Waals surface area (Å²) >= 11 is 0. The largest absolute Gasteiger partial charge is 0.467 e. The third kappa shape index (κ3) is 3.52. The molecule has 0 aliphatic heterocycles. The summed E-state index contributed by atoms with van der Waals surface area (Å²) in [5.74, 6) is 0.308. The topological polar surface area (TPSA) is 76.4 Å². The van der Waals surface area contributed by atoms with E-state index in [1.807, 2.05) is 0 Å². The molecular weight excluding hydrogens is 290 g/mol. The fraction of sp³-hybridized carbons (Fsp3) is 0.267. The molecule has 0 saturated carbocycles. The van der Waals surface area contributed by atoms with Crippen LogP contribution in [-0.4, -0.2) is 20.6 Å². The quantitative estimate of drug-likeness (QED) is 0.941. The number of hydrogen-bond acceptors (Lipinski definition) is 4. The fourth-order valence-corrected chi connectivity index (χ4v) is 2.61. The smallest absolute Gasteiger partial charge is 0.252 e. The van der Waals surface area contributed by atoms with E-state index in [9.17, 15) is 13.2 Å². The van der Waals surface area contributed by atoms with Gasteiger partial charge in [-0.2, -0.15) is 0 Å². The van der Waals surface area contributed by atoms with Crippen LogP contribution in [0, 0.1) is 6.92 Å². The van der Waals surface area contributed by atoms with Gasteiger partial charge in [0.15, 0.2) is 9.84 Å². The number of hydrogen-bond donors (Lipinski definition) is 1. The van der Waals surface area contributed by atoms with Gasteiger partial charge in [-0.15, -0.1) is 0 Å². The highest BCUT2D eigenvalue weighted by Crippen LogP contribution is 2.18. The van der Waals surface area contributed by atoms with Gasteiger partial charge in [-0.25, -0.2) is 8.42 Å². The first-order valence-corrected chi connectivity index (χ1v) is 8.33. The molecule has 0 spiro atoms. The van der Waals surface area contributed by atoms with E-state index in [0.717, 1.165) is 6.26 Å². The lowest BCUT2D eigenvalue weighted by molar-refractivity contribution is 0.0934. The SMILES string of the molecule is Cc1ccc(S(C)(=O)=O)cc1C(=O)NC(C)c1ccco1. The molecule has 1 unspecified atom stereocenters. The fourth-order valence-electron chi connectivity index (χ4n) is 1.96. The predicted octanol–water partition coefficient (Wildman–Crippen LogP) is 2.48. The Morgan fingerprint density at radius 2 is 2.00 bits per heavy atom. The Morgan fingerprint density at radius 3 is 2.57 bits per heavy atom. The minimum absolute atomic E-state index is 0.129. The van der Waals surface area contributed by atoms with E-state index in [1.54, 1.807) is 32.0 Å². The van der Waals surface area contributed by atoms with E-state index in [-0.39, 0.29) is 16.8 Å². The second kappa shape index (κ2) is 5.73. The summed E-state index contributed by atoms with van der Waals surface area (Å²) in [6.45, 7) is 3.56. The summed E-state index contributed by atoms with van der Waals surface area (Å²) in [6, 6.07) is 7.74. The summed E-state index contributed by atoms with van der Waals surface area (Å²) in [6.07, 6.45) is 2.65. The van der Waals surface area contributed by atoms with Crippen LogP contribution in [0.1, 0.15) is 34.6 Å². The van der Waals surface area contributed by atoms with Gasteiger partial charge in [0, 0.05) is 11.8 Å². The van der Waals surface area contributed by atoms with Gasteiger partial charge in [-0.1, -0.05) is 6.07 Å². The molecule has 0 aliphatic rings.